The van der Waals surface area contributed by atoms with E-state index in [1.54, 1.807) is 6.26 Å². The third-order valence-electron chi connectivity index (χ3n) is 4.95. The van der Waals surface area contributed by atoms with E-state index in [2.05, 4.69) is 4.98 Å². The first-order valence-electron chi connectivity index (χ1n) is 8.51. The molecule has 1 aliphatic rings. The maximum absolute atomic E-state index is 12.9. The molecule has 2 heterocycles. The van der Waals surface area contributed by atoms with E-state index in [1.807, 2.05) is 56.4 Å². The minimum absolute atomic E-state index is 0.0135. The van der Waals surface area contributed by atoms with Crippen molar-refractivity contribution >= 4 is 16.7 Å². The van der Waals surface area contributed by atoms with Crippen LogP contribution in [0.25, 0.3) is 10.9 Å². The average molecular weight is 335 g/mol. The second kappa shape index (κ2) is 5.66. The largest absolute Gasteiger partial charge is 0.512 e. The van der Waals surface area contributed by atoms with Gasteiger partial charge in [0.2, 0.25) is 0 Å². The van der Waals surface area contributed by atoms with E-state index in [0.29, 0.717) is 24.2 Å². The number of carbonyl (C=O) groups is 1. The summed E-state index contributed by atoms with van der Waals surface area (Å²) in [6.07, 6.45) is 4.43. The number of aliphatic hydroxyl groups excluding tert-OH is 1. The van der Waals surface area contributed by atoms with Crippen LogP contribution >= 0.6 is 0 Å². The quantitative estimate of drug-likeness (QED) is 0.700. The third kappa shape index (κ3) is 2.68. The lowest BCUT2D eigenvalue weighted by Crippen LogP contribution is -2.28. The Bertz CT molecular complexity index is 960. The number of para-hydroxylation sites is 1. The number of furan rings is 1. The molecule has 2 N–H and O–H groups in total. The summed E-state index contributed by atoms with van der Waals surface area (Å²) in [6, 6.07) is 11.6. The Kier molecular flexibility index (Phi) is 3.57. The van der Waals surface area contributed by atoms with Crippen LogP contribution in [0.15, 0.2) is 64.6 Å². The lowest BCUT2D eigenvalue weighted by molar-refractivity contribution is -0.118. The summed E-state index contributed by atoms with van der Waals surface area (Å²) in [5.74, 6) is 0.419. The highest BCUT2D eigenvalue weighted by Crippen LogP contribution is 2.44. The van der Waals surface area contributed by atoms with Gasteiger partial charge in [-0.25, -0.2) is 0 Å². The molecule has 0 saturated carbocycles. The number of ketones is 1. The fourth-order valence-electron chi connectivity index (χ4n) is 3.87. The number of carbonyl (C=O) groups excluding carboxylic acids is 1. The second-order valence-corrected chi connectivity index (χ2v) is 7.54. The number of hydrogen-bond donors (Lipinski definition) is 2. The first-order valence-corrected chi connectivity index (χ1v) is 8.51. The first-order chi connectivity index (χ1) is 12.0. The summed E-state index contributed by atoms with van der Waals surface area (Å²) in [7, 11) is 0. The Morgan fingerprint density at radius 2 is 1.96 bits per heavy atom. The molecule has 0 fully saturated rings. The number of benzene rings is 1. The van der Waals surface area contributed by atoms with Gasteiger partial charge in [0.15, 0.2) is 5.78 Å². The molecule has 1 unspecified atom stereocenters. The molecule has 1 aliphatic carbocycles. The van der Waals surface area contributed by atoms with Gasteiger partial charge in [0.05, 0.1) is 12.2 Å². The van der Waals surface area contributed by atoms with Crippen molar-refractivity contribution in [2.24, 2.45) is 5.41 Å². The van der Waals surface area contributed by atoms with Crippen LogP contribution in [-0.4, -0.2) is 15.9 Å². The van der Waals surface area contributed by atoms with Crippen LogP contribution in [0.4, 0.5) is 0 Å². The number of allylic oxidation sites excluding steroid dienone is 2. The second-order valence-electron chi connectivity index (χ2n) is 7.54. The van der Waals surface area contributed by atoms with Crippen molar-refractivity contribution in [2.75, 3.05) is 0 Å². The monoisotopic (exact) mass is 335 g/mol. The van der Waals surface area contributed by atoms with Crippen LogP contribution in [-0.2, 0) is 4.79 Å². The van der Waals surface area contributed by atoms with Gasteiger partial charge in [-0.1, -0.05) is 32.0 Å². The molecule has 1 atom stereocenters. The number of rotatable bonds is 3. The number of aliphatic hydroxyl groups is 1. The summed E-state index contributed by atoms with van der Waals surface area (Å²) < 4.78 is 5.66. The van der Waals surface area contributed by atoms with Gasteiger partial charge in [0.1, 0.15) is 11.5 Å². The summed E-state index contributed by atoms with van der Waals surface area (Å²) in [4.78, 5) is 16.2. The molecule has 0 bridgehead atoms. The highest BCUT2D eigenvalue weighted by molar-refractivity contribution is 6.00. The smallest absolute Gasteiger partial charge is 0.163 e. The zero-order valence-corrected chi connectivity index (χ0v) is 14.4. The van der Waals surface area contributed by atoms with E-state index in [4.69, 9.17) is 4.42 Å². The molecular formula is C21H21NO3. The van der Waals surface area contributed by atoms with Crippen molar-refractivity contribution in [3.63, 3.8) is 0 Å². The first kappa shape index (κ1) is 15.8. The van der Waals surface area contributed by atoms with Crippen molar-refractivity contribution in [2.45, 2.75) is 32.6 Å². The van der Waals surface area contributed by atoms with E-state index in [1.165, 1.54) is 0 Å². The van der Waals surface area contributed by atoms with E-state index in [-0.39, 0.29) is 17.0 Å². The Morgan fingerprint density at radius 3 is 2.68 bits per heavy atom. The van der Waals surface area contributed by atoms with Gasteiger partial charge in [-0.15, -0.1) is 0 Å². The van der Waals surface area contributed by atoms with Gasteiger partial charge in [-0.05, 0) is 29.2 Å². The van der Waals surface area contributed by atoms with Gasteiger partial charge in [0.25, 0.3) is 0 Å². The summed E-state index contributed by atoms with van der Waals surface area (Å²) in [6.45, 7) is 4.01. The molecule has 0 saturated heterocycles. The molecule has 25 heavy (non-hydrogen) atoms. The van der Waals surface area contributed by atoms with Crippen molar-refractivity contribution < 1.29 is 14.3 Å². The zero-order valence-electron chi connectivity index (χ0n) is 14.4. The molecule has 0 spiro atoms. The van der Waals surface area contributed by atoms with Crippen molar-refractivity contribution in [1.82, 2.24) is 4.98 Å². The van der Waals surface area contributed by atoms with Crippen LogP contribution in [0.5, 0.6) is 0 Å². The molecule has 0 radical (unpaired) electrons. The van der Waals surface area contributed by atoms with Crippen LogP contribution in [0.1, 0.15) is 43.9 Å². The molecule has 4 rings (SSSR count). The normalized spacial score (nSPS) is 18.7. The van der Waals surface area contributed by atoms with E-state index >= 15 is 0 Å². The van der Waals surface area contributed by atoms with E-state index in [9.17, 15) is 9.90 Å². The maximum atomic E-state index is 12.9. The standard InChI is InChI=1S/C21H21NO3/c1-21(2)10-16(23)20(17(24)11-21)19(18-8-5-9-25-18)14-12-22-15-7-4-3-6-13(14)15/h3-9,12,19,22-23H,10-11H2,1-2H3. The average Bonchev–Trinajstić information content (AvgIpc) is 3.20. The number of H-pyrrole nitrogens is 1. The highest BCUT2D eigenvalue weighted by Gasteiger charge is 2.39. The van der Waals surface area contributed by atoms with Crippen molar-refractivity contribution in [3.05, 3.63) is 71.5 Å². The lowest BCUT2D eigenvalue weighted by atomic mass is 9.72. The number of aromatic amines is 1. The molecule has 4 nitrogen and oxygen atoms in total. The van der Waals surface area contributed by atoms with Crippen molar-refractivity contribution in [1.29, 1.82) is 0 Å². The molecule has 0 amide bonds. The number of nitrogens with one attached hydrogen (secondary N) is 1. The van der Waals surface area contributed by atoms with Crippen LogP contribution in [0.3, 0.4) is 0 Å². The van der Waals surface area contributed by atoms with Gasteiger partial charge in [-0.2, -0.15) is 0 Å². The summed E-state index contributed by atoms with van der Waals surface area (Å²) in [5, 5.41) is 11.8. The van der Waals surface area contributed by atoms with Gasteiger partial charge < -0.3 is 14.5 Å². The molecule has 128 valence electrons. The molecule has 2 aromatic heterocycles. The topological polar surface area (TPSA) is 66.2 Å². The Hall–Kier alpha value is -2.75. The van der Waals surface area contributed by atoms with Gasteiger partial charge in [-0.3, -0.25) is 4.79 Å². The van der Waals surface area contributed by atoms with E-state index < -0.39 is 5.92 Å². The SMILES string of the molecule is CC1(C)CC(=O)C(C(c2ccco2)c2c[nH]c3ccccc23)=C(O)C1. The van der Waals surface area contributed by atoms with Crippen LogP contribution in [0, 0.1) is 5.41 Å². The number of Topliss-reactive ketones (excluding diaryl/α,β-unsaturated/α-hetero) is 1. The molecule has 1 aromatic carbocycles. The summed E-state index contributed by atoms with van der Waals surface area (Å²) >= 11 is 0. The lowest BCUT2D eigenvalue weighted by Gasteiger charge is -2.32. The van der Waals surface area contributed by atoms with Crippen LogP contribution in [0.2, 0.25) is 0 Å². The number of aromatic nitrogens is 1. The van der Waals surface area contributed by atoms with Crippen molar-refractivity contribution in [3.8, 4) is 0 Å². The predicted molar refractivity (Wildman–Crippen MR) is 96.5 cm³/mol. The number of fused-ring (bicyclic) bond motifs is 1. The fraction of sp³-hybridized carbons (Fsp3) is 0.286. The Balaban J connectivity index is 1.93. The Labute approximate surface area is 146 Å². The minimum atomic E-state index is -0.408. The zero-order chi connectivity index (χ0) is 17.6. The Morgan fingerprint density at radius 1 is 1.16 bits per heavy atom. The molecular weight excluding hydrogens is 314 g/mol. The third-order valence-corrected chi connectivity index (χ3v) is 4.95. The van der Waals surface area contributed by atoms with Gasteiger partial charge in [0, 0.05) is 35.5 Å². The predicted octanol–water partition coefficient (Wildman–Crippen LogP) is 5.09. The molecule has 3 aromatic rings. The maximum Gasteiger partial charge on any atom is 0.163 e. The summed E-state index contributed by atoms with van der Waals surface area (Å²) in [5.41, 5.74) is 2.18. The van der Waals surface area contributed by atoms with Crippen LogP contribution < -0.4 is 0 Å². The molecule has 4 heteroatoms. The highest BCUT2D eigenvalue weighted by atomic mass is 16.3. The van der Waals surface area contributed by atoms with Gasteiger partial charge >= 0.3 is 0 Å². The van der Waals surface area contributed by atoms with E-state index in [0.717, 1.165) is 16.5 Å². The number of hydrogen-bond acceptors (Lipinski definition) is 3. The minimum Gasteiger partial charge on any atom is -0.512 e. The fourth-order valence-corrected chi connectivity index (χ4v) is 3.87. The molecule has 0 aliphatic heterocycles.